The highest BCUT2D eigenvalue weighted by Gasteiger charge is 2.34. The molecule has 0 heterocycles. The number of rotatable bonds is 8. The maximum Gasteiger partial charge on any atom is 0.416 e. The smallest absolute Gasteiger partial charge is 0.416 e. The largest absolute Gasteiger partial charge is 0.478 e. The Morgan fingerprint density at radius 3 is 2.24 bits per heavy atom. The number of hydrogen-bond donors (Lipinski definition) is 1. The number of halogens is 4. The van der Waals surface area contributed by atoms with Gasteiger partial charge in [0, 0.05) is 18.5 Å². The maximum absolute atomic E-state index is 13.7. The molecule has 178 valence electrons. The van der Waals surface area contributed by atoms with Gasteiger partial charge in [-0.25, -0.2) is 9.18 Å². The third-order valence-corrected chi connectivity index (χ3v) is 6.27. The number of alkyl halides is 3. The molecule has 0 aliphatic rings. The van der Waals surface area contributed by atoms with Crippen molar-refractivity contribution in [2.45, 2.75) is 29.3 Å². The van der Waals surface area contributed by atoms with Crippen molar-refractivity contribution in [3.05, 3.63) is 101 Å². The van der Waals surface area contributed by atoms with Crippen molar-refractivity contribution < 1.29 is 32.3 Å². The molecular weight excluding hydrogens is 470 g/mol. The summed E-state index contributed by atoms with van der Waals surface area (Å²) in [6, 6.07) is 17.3. The zero-order valence-electron chi connectivity index (χ0n) is 18.1. The summed E-state index contributed by atoms with van der Waals surface area (Å²) in [4.78, 5) is 26.3. The van der Waals surface area contributed by atoms with E-state index in [-0.39, 0.29) is 17.5 Å². The van der Waals surface area contributed by atoms with E-state index in [1.165, 1.54) is 30.9 Å². The molecular formula is C25H21F4NO3S. The van der Waals surface area contributed by atoms with Crippen LogP contribution in [-0.4, -0.2) is 34.2 Å². The number of aromatic carboxylic acids is 1. The van der Waals surface area contributed by atoms with E-state index in [1.807, 2.05) is 18.2 Å². The van der Waals surface area contributed by atoms with Crippen LogP contribution < -0.4 is 0 Å². The number of hydrogen-bond acceptors (Lipinski definition) is 3. The van der Waals surface area contributed by atoms with E-state index in [1.54, 1.807) is 24.3 Å². The van der Waals surface area contributed by atoms with Gasteiger partial charge in [-0.3, -0.25) is 4.79 Å². The van der Waals surface area contributed by atoms with Crippen molar-refractivity contribution in [3.63, 3.8) is 0 Å². The number of benzene rings is 3. The number of carboxylic acids is 1. The Labute approximate surface area is 198 Å². The van der Waals surface area contributed by atoms with Crippen LogP contribution in [0.5, 0.6) is 0 Å². The van der Waals surface area contributed by atoms with Gasteiger partial charge in [-0.15, -0.1) is 11.8 Å². The third kappa shape index (κ3) is 6.60. The Morgan fingerprint density at radius 2 is 1.65 bits per heavy atom. The maximum atomic E-state index is 13.7. The van der Waals surface area contributed by atoms with Crippen LogP contribution in [0.2, 0.25) is 0 Å². The molecule has 0 fully saturated rings. The van der Waals surface area contributed by atoms with Crippen molar-refractivity contribution in [2.75, 3.05) is 7.05 Å². The van der Waals surface area contributed by atoms with Gasteiger partial charge in [0.05, 0.1) is 16.4 Å². The monoisotopic (exact) mass is 491 g/mol. The van der Waals surface area contributed by atoms with Crippen molar-refractivity contribution in [1.29, 1.82) is 0 Å². The summed E-state index contributed by atoms with van der Waals surface area (Å²) < 4.78 is 53.8. The minimum Gasteiger partial charge on any atom is -0.478 e. The molecule has 9 heteroatoms. The van der Waals surface area contributed by atoms with Crippen molar-refractivity contribution in [3.8, 4) is 0 Å². The number of thioether (sulfide) groups is 1. The lowest BCUT2D eigenvalue weighted by atomic mass is 10.0. The third-order valence-electron chi connectivity index (χ3n) is 5.08. The fraction of sp³-hybridized carbons (Fsp3) is 0.200. The van der Waals surface area contributed by atoms with E-state index in [2.05, 4.69) is 0 Å². The first-order chi connectivity index (χ1) is 16.0. The van der Waals surface area contributed by atoms with E-state index < -0.39 is 41.2 Å². The van der Waals surface area contributed by atoms with Crippen LogP contribution in [0.15, 0.2) is 77.7 Å². The Balaban J connectivity index is 1.86. The topological polar surface area (TPSA) is 57.6 Å². The molecule has 0 aromatic heterocycles. The summed E-state index contributed by atoms with van der Waals surface area (Å²) >= 11 is 1.25. The van der Waals surface area contributed by atoms with Crippen molar-refractivity contribution in [1.82, 2.24) is 4.90 Å². The molecule has 3 aromatic carbocycles. The minimum absolute atomic E-state index is 0.102. The normalized spacial score (nSPS) is 12.3. The highest BCUT2D eigenvalue weighted by atomic mass is 32.2. The quantitative estimate of drug-likeness (QED) is 0.315. The Bertz CT molecular complexity index is 1150. The fourth-order valence-corrected chi connectivity index (χ4v) is 4.59. The number of carbonyl (C=O) groups is 2. The highest BCUT2D eigenvalue weighted by molar-refractivity contribution is 8.00. The summed E-state index contributed by atoms with van der Waals surface area (Å²) in [6.45, 7) is -0.421. The lowest BCUT2D eigenvalue weighted by molar-refractivity contribution is -0.139. The Morgan fingerprint density at radius 1 is 1.00 bits per heavy atom. The summed E-state index contributed by atoms with van der Waals surface area (Å²) in [6.07, 6.45) is -4.46. The zero-order chi connectivity index (χ0) is 24.9. The van der Waals surface area contributed by atoms with Crippen molar-refractivity contribution in [2.24, 2.45) is 0 Å². The van der Waals surface area contributed by atoms with Crippen LogP contribution in [0, 0.1) is 5.82 Å². The predicted octanol–water partition coefficient (Wildman–Crippen LogP) is 5.90. The second-order valence-corrected chi connectivity index (χ2v) is 8.90. The predicted molar refractivity (Wildman–Crippen MR) is 121 cm³/mol. The van der Waals surface area contributed by atoms with E-state index >= 15 is 0 Å². The second kappa shape index (κ2) is 10.7. The average Bonchev–Trinajstić information content (AvgIpc) is 2.78. The molecule has 0 saturated carbocycles. The minimum atomic E-state index is -4.68. The molecule has 0 saturated heterocycles. The number of carbonyl (C=O) groups excluding carboxylic acids is 1. The lowest BCUT2D eigenvalue weighted by Gasteiger charge is -2.25. The van der Waals surface area contributed by atoms with Crippen LogP contribution in [0.1, 0.15) is 27.0 Å². The van der Waals surface area contributed by atoms with Crippen LogP contribution in [0.25, 0.3) is 0 Å². The van der Waals surface area contributed by atoms with Crippen LogP contribution in [-0.2, 0) is 23.9 Å². The number of amides is 1. The molecule has 0 spiro atoms. The molecule has 0 radical (unpaired) electrons. The molecule has 3 rings (SSSR count). The first-order valence-electron chi connectivity index (χ1n) is 10.2. The summed E-state index contributed by atoms with van der Waals surface area (Å²) in [5, 5.41) is 8.38. The zero-order valence-corrected chi connectivity index (χ0v) is 18.9. The van der Waals surface area contributed by atoms with Gasteiger partial charge in [0.15, 0.2) is 0 Å². The molecule has 1 N–H and O–H groups in total. The molecule has 34 heavy (non-hydrogen) atoms. The molecule has 0 aliphatic carbocycles. The lowest BCUT2D eigenvalue weighted by Crippen LogP contribution is -2.36. The second-order valence-electron chi connectivity index (χ2n) is 7.62. The first kappa shape index (κ1) is 25.3. The first-order valence-corrected chi connectivity index (χ1v) is 11.1. The number of carboxylic acid groups (broad SMARTS) is 1. The molecule has 1 amide bonds. The van der Waals surface area contributed by atoms with Gasteiger partial charge < -0.3 is 10.0 Å². The molecule has 1 unspecified atom stereocenters. The summed E-state index contributed by atoms with van der Waals surface area (Å²) in [5.41, 5.74) is -0.533. The van der Waals surface area contributed by atoms with E-state index in [0.29, 0.717) is 11.6 Å². The van der Waals surface area contributed by atoms with E-state index in [0.717, 1.165) is 21.9 Å². The summed E-state index contributed by atoms with van der Waals surface area (Å²) in [5.74, 6) is -2.33. The van der Waals surface area contributed by atoms with Crippen LogP contribution in [0.4, 0.5) is 17.6 Å². The molecule has 0 aliphatic heterocycles. The van der Waals surface area contributed by atoms with Gasteiger partial charge in [-0.2, -0.15) is 13.2 Å². The Kier molecular flexibility index (Phi) is 7.98. The molecule has 3 aromatic rings. The van der Waals surface area contributed by atoms with E-state index in [9.17, 15) is 27.2 Å². The van der Waals surface area contributed by atoms with E-state index in [4.69, 9.17) is 5.11 Å². The van der Waals surface area contributed by atoms with Gasteiger partial charge >= 0.3 is 12.1 Å². The van der Waals surface area contributed by atoms with Gasteiger partial charge in [-0.1, -0.05) is 30.3 Å². The van der Waals surface area contributed by atoms with Crippen LogP contribution in [0.3, 0.4) is 0 Å². The van der Waals surface area contributed by atoms with Crippen molar-refractivity contribution >= 4 is 23.6 Å². The van der Waals surface area contributed by atoms with Crippen LogP contribution >= 0.6 is 11.8 Å². The summed E-state index contributed by atoms with van der Waals surface area (Å²) in [7, 11) is 1.37. The molecule has 0 bridgehead atoms. The fourth-order valence-electron chi connectivity index (χ4n) is 3.39. The van der Waals surface area contributed by atoms with Gasteiger partial charge in [0.25, 0.3) is 0 Å². The Hall–Kier alpha value is -3.33. The highest BCUT2D eigenvalue weighted by Crippen LogP contribution is 2.33. The molecule has 4 nitrogen and oxygen atoms in total. The SMILES string of the molecule is CN(Cc1cc(F)ccc1C(F)(F)F)C(=O)C(Cc1ccc(C(=O)O)cc1)Sc1ccccc1. The standard InChI is InChI=1S/C25H21F4NO3S/c1-30(15-18-14-19(26)11-12-21(18)25(27,28)29)23(31)22(34-20-5-3-2-4-6-20)13-16-7-9-17(10-8-16)24(32)33/h2-12,14,22H,13,15H2,1H3,(H,32,33). The molecule has 1 atom stereocenters. The van der Waals surface area contributed by atoms with Gasteiger partial charge in [0.1, 0.15) is 5.82 Å². The van der Waals surface area contributed by atoms with Gasteiger partial charge in [-0.05, 0) is 60.0 Å². The number of nitrogens with zero attached hydrogens (tertiary/aromatic N) is 1. The average molecular weight is 492 g/mol. The van der Waals surface area contributed by atoms with Gasteiger partial charge in [0.2, 0.25) is 5.91 Å².